The zero-order valence-corrected chi connectivity index (χ0v) is 19.2. The van der Waals surface area contributed by atoms with Crippen molar-refractivity contribution in [2.75, 3.05) is 6.54 Å². The van der Waals surface area contributed by atoms with E-state index in [1.807, 2.05) is 65.8 Å². The minimum atomic E-state index is -0.236. The second kappa shape index (κ2) is 8.85. The number of fused-ring (bicyclic) bond motifs is 2. The molecule has 2 fully saturated rings. The summed E-state index contributed by atoms with van der Waals surface area (Å²) in [5, 5.41) is 0. The molecule has 6 heteroatoms. The summed E-state index contributed by atoms with van der Waals surface area (Å²) in [5.41, 5.74) is 3.40. The Labute approximate surface area is 193 Å². The van der Waals surface area contributed by atoms with Gasteiger partial charge in [-0.15, -0.1) is 0 Å². The third-order valence-corrected chi connectivity index (χ3v) is 6.95. The number of rotatable bonds is 6. The molecule has 0 spiro atoms. The van der Waals surface area contributed by atoms with E-state index in [-0.39, 0.29) is 29.5 Å². The van der Waals surface area contributed by atoms with Gasteiger partial charge < -0.3 is 14.2 Å². The first kappa shape index (κ1) is 21.4. The van der Waals surface area contributed by atoms with Gasteiger partial charge in [0.05, 0.1) is 17.9 Å². The molecule has 0 unspecified atom stereocenters. The van der Waals surface area contributed by atoms with Crippen LogP contribution in [0.15, 0.2) is 59.5 Å². The molecule has 1 aliphatic carbocycles. The average molecular weight is 444 g/mol. The zero-order chi connectivity index (χ0) is 22.9. The Hall–Kier alpha value is -3.41. The van der Waals surface area contributed by atoms with Crippen molar-refractivity contribution in [3.05, 3.63) is 93.2 Å². The molecule has 3 aromatic rings. The van der Waals surface area contributed by atoms with Crippen molar-refractivity contribution in [2.45, 2.75) is 52.3 Å². The van der Waals surface area contributed by atoms with Gasteiger partial charge in [0.1, 0.15) is 17.9 Å². The van der Waals surface area contributed by atoms with Crippen LogP contribution in [-0.2, 0) is 13.2 Å². The monoisotopic (exact) mass is 443 g/mol. The molecule has 1 aromatic carbocycles. The minimum Gasteiger partial charge on any atom is -0.487 e. The van der Waals surface area contributed by atoms with Crippen molar-refractivity contribution in [2.24, 2.45) is 5.92 Å². The van der Waals surface area contributed by atoms with E-state index in [2.05, 4.69) is 4.98 Å². The summed E-state index contributed by atoms with van der Waals surface area (Å²) >= 11 is 0. The maximum atomic E-state index is 13.7. The Balaban J connectivity index is 1.55. The molecule has 2 aliphatic rings. The first-order chi connectivity index (χ1) is 16.0. The number of carbonyl (C=O) groups is 1. The van der Waals surface area contributed by atoms with Gasteiger partial charge in [-0.2, -0.15) is 0 Å². The van der Waals surface area contributed by atoms with Crippen molar-refractivity contribution in [1.29, 1.82) is 0 Å². The average Bonchev–Trinajstić information content (AvgIpc) is 3.45. The highest BCUT2D eigenvalue weighted by atomic mass is 16.5. The summed E-state index contributed by atoms with van der Waals surface area (Å²) in [6, 6.07) is 15.4. The van der Waals surface area contributed by atoms with E-state index in [1.165, 1.54) is 6.42 Å². The molecule has 2 atom stereocenters. The fourth-order valence-electron chi connectivity index (χ4n) is 5.19. The van der Waals surface area contributed by atoms with Gasteiger partial charge in [-0.25, -0.2) is 0 Å². The third-order valence-electron chi connectivity index (χ3n) is 6.95. The third kappa shape index (κ3) is 4.30. The van der Waals surface area contributed by atoms with Gasteiger partial charge in [0.2, 0.25) is 0 Å². The Bertz CT molecular complexity index is 1220. The van der Waals surface area contributed by atoms with Gasteiger partial charge >= 0.3 is 0 Å². The molecule has 0 N–H and O–H groups in total. The molecule has 2 bridgehead atoms. The highest BCUT2D eigenvalue weighted by Crippen LogP contribution is 2.38. The lowest BCUT2D eigenvalue weighted by Crippen LogP contribution is -2.41. The van der Waals surface area contributed by atoms with Gasteiger partial charge in [0.25, 0.3) is 5.91 Å². The molecule has 1 saturated heterocycles. The number of carbonyl (C=O) groups excluding carboxylic acids is 1. The number of hydrogen-bond acceptors (Lipinski definition) is 4. The minimum absolute atomic E-state index is 0.135. The highest BCUT2D eigenvalue weighted by Gasteiger charge is 2.41. The molecule has 2 aromatic heterocycles. The SMILES string of the molecule is Cc1ccc(OCc2c(C(=O)N3C[C@H]4CC[C@H]3C4)c(=O)cc(C)n2Cc2ccccn2)cc1. The second-order valence-corrected chi connectivity index (χ2v) is 9.27. The predicted octanol–water partition coefficient (Wildman–Crippen LogP) is 4.11. The highest BCUT2D eigenvalue weighted by molar-refractivity contribution is 5.95. The van der Waals surface area contributed by atoms with Gasteiger partial charge in [-0.3, -0.25) is 14.6 Å². The fraction of sp³-hybridized carbons (Fsp3) is 0.370. The lowest BCUT2D eigenvalue weighted by molar-refractivity contribution is 0.0697. The quantitative estimate of drug-likeness (QED) is 0.575. The van der Waals surface area contributed by atoms with Crippen LogP contribution in [0.25, 0.3) is 0 Å². The number of amides is 1. The number of likely N-dealkylation sites (tertiary alicyclic amines) is 1. The van der Waals surface area contributed by atoms with Crippen molar-refractivity contribution < 1.29 is 9.53 Å². The zero-order valence-electron chi connectivity index (χ0n) is 19.2. The number of hydrogen-bond donors (Lipinski definition) is 0. The molecule has 5 rings (SSSR count). The molecule has 1 amide bonds. The summed E-state index contributed by atoms with van der Waals surface area (Å²) in [4.78, 5) is 33.3. The molecule has 33 heavy (non-hydrogen) atoms. The fourth-order valence-corrected chi connectivity index (χ4v) is 5.19. The van der Waals surface area contributed by atoms with Crippen LogP contribution < -0.4 is 10.2 Å². The molecule has 1 aliphatic heterocycles. The van der Waals surface area contributed by atoms with Crippen LogP contribution in [-0.4, -0.2) is 32.9 Å². The molecular weight excluding hydrogens is 414 g/mol. The summed E-state index contributed by atoms with van der Waals surface area (Å²) in [7, 11) is 0. The van der Waals surface area contributed by atoms with Gasteiger partial charge in [0.15, 0.2) is 5.43 Å². The first-order valence-corrected chi connectivity index (χ1v) is 11.6. The Kier molecular flexibility index (Phi) is 5.75. The molecule has 1 saturated carbocycles. The predicted molar refractivity (Wildman–Crippen MR) is 126 cm³/mol. The standard InChI is InChI=1S/C27H29N3O3/c1-18-6-10-23(11-7-18)33-17-24-26(27(32)30-15-20-8-9-22(30)14-20)25(31)13-19(2)29(24)16-21-5-3-4-12-28-21/h3-7,10-13,20,22H,8-9,14-17H2,1-2H3/t20-,22-/m0/s1. The molecule has 6 nitrogen and oxygen atoms in total. The van der Waals surface area contributed by atoms with E-state index in [9.17, 15) is 9.59 Å². The van der Waals surface area contributed by atoms with Crippen LogP contribution in [0.2, 0.25) is 0 Å². The maximum Gasteiger partial charge on any atom is 0.260 e. The van der Waals surface area contributed by atoms with E-state index < -0.39 is 0 Å². The number of pyridine rings is 2. The van der Waals surface area contributed by atoms with E-state index in [0.29, 0.717) is 23.9 Å². The lowest BCUT2D eigenvalue weighted by atomic mass is 10.1. The number of benzene rings is 1. The van der Waals surface area contributed by atoms with E-state index >= 15 is 0 Å². The van der Waals surface area contributed by atoms with Crippen LogP contribution in [0, 0.1) is 19.8 Å². The molecular formula is C27H29N3O3. The number of ether oxygens (including phenoxy) is 1. The lowest BCUT2D eigenvalue weighted by Gasteiger charge is -2.28. The Morgan fingerprint density at radius 3 is 2.61 bits per heavy atom. The number of aromatic nitrogens is 2. The Morgan fingerprint density at radius 1 is 1.12 bits per heavy atom. The summed E-state index contributed by atoms with van der Waals surface area (Å²) in [6.45, 7) is 5.26. The van der Waals surface area contributed by atoms with E-state index in [4.69, 9.17) is 4.74 Å². The first-order valence-electron chi connectivity index (χ1n) is 11.6. The van der Waals surface area contributed by atoms with Crippen LogP contribution >= 0.6 is 0 Å². The number of nitrogens with zero attached hydrogens (tertiary/aromatic N) is 3. The summed E-state index contributed by atoms with van der Waals surface area (Å²) in [5.74, 6) is 1.11. The summed E-state index contributed by atoms with van der Waals surface area (Å²) in [6.07, 6.45) is 5.01. The summed E-state index contributed by atoms with van der Waals surface area (Å²) < 4.78 is 8.10. The Morgan fingerprint density at radius 2 is 1.94 bits per heavy atom. The molecule has 3 heterocycles. The van der Waals surface area contributed by atoms with Crippen LogP contribution in [0.1, 0.15) is 52.3 Å². The maximum absolute atomic E-state index is 13.7. The van der Waals surface area contributed by atoms with Crippen molar-refractivity contribution >= 4 is 5.91 Å². The van der Waals surface area contributed by atoms with Gasteiger partial charge in [-0.1, -0.05) is 23.8 Å². The smallest absolute Gasteiger partial charge is 0.260 e. The van der Waals surface area contributed by atoms with Gasteiger partial charge in [-0.05, 0) is 63.3 Å². The van der Waals surface area contributed by atoms with E-state index in [1.54, 1.807) is 12.3 Å². The van der Waals surface area contributed by atoms with Crippen molar-refractivity contribution in [1.82, 2.24) is 14.5 Å². The van der Waals surface area contributed by atoms with E-state index in [0.717, 1.165) is 36.3 Å². The van der Waals surface area contributed by atoms with Crippen LogP contribution in [0.4, 0.5) is 0 Å². The second-order valence-electron chi connectivity index (χ2n) is 9.27. The number of piperidine rings is 1. The van der Waals surface area contributed by atoms with Crippen LogP contribution in [0.5, 0.6) is 5.75 Å². The van der Waals surface area contributed by atoms with Crippen LogP contribution in [0.3, 0.4) is 0 Å². The largest absolute Gasteiger partial charge is 0.487 e. The van der Waals surface area contributed by atoms with Gasteiger partial charge in [0, 0.05) is 30.5 Å². The molecule has 0 radical (unpaired) electrons. The number of aryl methyl sites for hydroxylation is 2. The molecule has 170 valence electrons. The van der Waals surface area contributed by atoms with Crippen molar-refractivity contribution in [3.63, 3.8) is 0 Å². The normalized spacial score (nSPS) is 19.2. The van der Waals surface area contributed by atoms with Crippen molar-refractivity contribution in [3.8, 4) is 5.75 Å². The topological polar surface area (TPSA) is 64.4 Å².